The Morgan fingerprint density at radius 3 is 2.30 bits per heavy atom. The molecule has 0 rings (SSSR count). The van der Waals surface area contributed by atoms with Crippen LogP contribution in [0, 0.1) is 5.92 Å². The van der Waals surface area contributed by atoms with Gasteiger partial charge in [0.05, 0.1) is 19.1 Å². The van der Waals surface area contributed by atoms with E-state index < -0.39 is 17.7 Å². The minimum Gasteiger partial charge on any atom is -0.481 e. The van der Waals surface area contributed by atoms with Crippen molar-refractivity contribution in [2.45, 2.75) is 59.2 Å². The van der Waals surface area contributed by atoms with E-state index in [1.165, 1.54) is 0 Å². The van der Waals surface area contributed by atoms with Crippen molar-refractivity contribution in [1.82, 2.24) is 5.32 Å². The van der Waals surface area contributed by atoms with Crippen molar-refractivity contribution >= 4 is 12.1 Å². The maximum Gasteiger partial charge on any atom is 0.407 e. The summed E-state index contributed by atoms with van der Waals surface area (Å²) in [6.45, 7) is 9.91. The number of alkyl carbamates (subject to hydrolysis) is 1. The van der Waals surface area contributed by atoms with Gasteiger partial charge < -0.3 is 19.9 Å². The zero-order chi connectivity index (χ0) is 15.8. The Hall–Kier alpha value is -1.30. The average Bonchev–Trinajstić information content (AvgIpc) is 2.22. The van der Waals surface area contributed by atoms with Crippen LogP contribution in [0.4, 0.5) is 4.79 Å². The highest BCUT2D eigenvalue weighted by Crippen LogP contribution is 2.11. The third-order valence-corrected chi connectivity index (χ3v) is 2.35. The van der Waals surface area contributed by atoms with Gasteiger partial charge in [-0.3, -0.25) is 4.79 Å². The van der Waals surface area contributed by atoms with Gasteiger partial charge in [0.1, 0.15) is 5.60 Å². The molecule has 0 aliphatic rings. The molecular weight excluding hydrogens is 262 g/mol. The number of carboxylic acid groups (broad SMARTS) is 1. The molecule has 0 aromatic heterocycles. The summed E-state index contributed by atoms with van der Waals surface area (Å²) in [4.78, 5) is 22.2. The summed E-state index contributed by atoms with van der Waals surface area (Å²) in [6, 6.07) is 0. The summed E-state index contributed by atoms with van der Waals surface area (Å²) in [7, 11) is 0. The van der Waals surface area contributed by atoms with Crippen molar-refractivity contribution in [2.24, 2.45) is 5.92 Å². The fourth-order valence-electron chi connectivity index (χ4n) is 1.51. The third kappa shape index (κ3) is 11.8. The molecule has 0 unspecified atom stereocenters. The number of hydrogen-bond donors (Lipinski definition) is 2. The van der Waals surface area contributed by atoms with Gasteiger partial charge in [0.2, 0.25) is 0 Å². The summed E-state index contributed by atoms with van der Waals surface area (Å²) in [5, 5.41) is 11.5. The van der Waals surface area contributed by atoms with Crippen molar-refractivity contribution in [3.63, 3.8) is 0 Å². The van der Waals surface area contributed by atoms with Crippen LogP contribution in [0.1, 0.15) is 47.5 Å². The second kappa shape index (κ2) is 8.79. The van der Waals surface area contributed by atoms with Crippen LogP contribution in [0.5, 0.6) is 0 Å². The lowest BCUT2D eigenvalue weighted by atomic mass is 10.0. The molecule has 0 radical (unpaired) electrons. The first-order chi connectivity index (χ1) is 9.10. The van der Waals surface area contributed by atoms with Gasteiger partial charge in [-0.1, -0.05) is 0 Å². The second-order valence-corrected chi connectivity index (χ2v) is 6.06. The standard InChI is InChI=1S/C14H27NO5/c1-10(2)19-9-11(8-12(16)17)6-7-15-13(18)20-14(3,4)5/h10-11H,6-9H2,1-5H3,(H,15,18)(H,16,17)/t11-/m1/s1. The summed E-state index contributed by atoms with van der Waals surface area (Å²) < 4.78 is 10.5. The molecule has 0 saturated carbocycles. The highest BCUT2D eigenvalue weighted by molar-refractivity contribution is 5.68. The molecule has 118 valence electrons. The van der Waals surface area contributed by atoms with Crippen LogP contribution in [0.25, 0.3) is 0 Å². The van der Waals surface area contributed by atoms with E-state index in [9.17, 15) is 9.59 Å². The number of carbonyl (C=O) groups excluding carboxylic acids is 1. The Kier molecular flexibility index (Phi) is 8.22. The predicted molar refractivity (Wildman–Crippen MR) is 75.7 cm³/mol. The summed E-state index contributed by atoms with van der Waals surface area (Å²) >= 11 is 0. The Morgan fingerprint density at radius 1 is 1.25 bits per heavy atom. The van der Waals surface area contributed by atoms with Gasteiger partial charge in [-0.05, 0) is 47.0 Å². The molecule has 6 heteroatoms. The van der Waals surface area contributed by atoms with E-state index in [-0.39, 0.29) is 18.4 Å². The highest BCUT2D eigenvalue weighted by atomic mass is 16.6. The molecule has 0 aromatic carbocycles. The fourth-order valence-corrected chi connectivity index (χ4v) is 1.51. The lowest BCUT2D eigenvalue weighted by Gasteiger charge is -2.21. The van der Waals surface area contributed by atoms with Gasteiger partial charge in [0.25, 0.3) is 0 Å². The number of carbonyl (C=O) groups is 2. The number of aliphatic carboxylic acids is 1. The fraction of sp³-hybridized carbons (Fsp3) is 0.857. The largest absolute Gasteiger partial charge is 0.481 e. The van der Waals surface area contributed by atoms with Crippen molar-refractivity contribution in [2.75, 3.05) is 13.2 Å². The van der Waals surface area contributed by atoms with Crippen molar-refractivity contribution in [3.8, 4) is 0 Å². The van der Waals surface area contributed by atoms with Crippen LogP contribution < -0.4 is 5.32 Å². The SMILES string of the molecule is CC(C)OC[C@H](CCNC(=O)OC(C)(C)C)CC(=O)O. The van der Waals surface area contributed by atoms with Crippen LogP contribution in [0.15, 0.2) is 0 Å². The van der Waals surface area contributed by atoms with Gasteiger partial charge in [-0.15, -0.1) is 0 Å². The number of amides is 1. The molecule has 0 saturated heterocycles. The van der Waals surface area contributed by atoms with E-state index in [4.69, 9.17) is 14.6 Å². The van der Waals surface area contributed by atoms with Crippen LogP contribution in [0.2, 0.25) is 0 Å². The lowest BCUT2D eigenvalue weighted by molar-refractivity contribution is -0.138. The highest BCUT2D eigenvalue weighted by Gasteiger charge is 2.18. The first-order valence-corrected chi connectivity index (χ1v) is 6.90. The van der Waals surface area contributed by atoms with Gasteiger partial charge >= 0.3 is 12.1 Å². The summed E-state index contributed by atoms with van der Waals surface area (Å²) in [6.07, 6.45) is 0.141. The molecule has 0 spiro atoms. The minimum atomic E-state index is -0.861. The molecule has 1 atom stereocenters. The van der Waals surface area contributed by atoms with Crippen molar-refractivity contribution < 1.29 is 24.2 Å². The maximum atomic E-state index is 11.4. The van der Waals surface area contributed by atoms with Gasteiger partial charge in [-0.2, -0.15) is 0 Å². The molecule has 0 fully saturated rings. The smallest absolute Gasteiger partial charge is 0.407 e. The molecule has 20 heavy (non-hydrogen) atoms. The first kappa shape index (κ1) is 18.7. The Balaban J connectivity index is 4.06. The molecule has 2 N–H and O–H groups in total. The number of nitrogens with one attached hydrogen (secondary N) is 1. The van der Waals surface area contributed by atoms with Crippen molar-refractivity contribution in [1.29, 1.82) is 0 Å². The van der Waals surface area contributed by atoms with Crippen LogP contribution >= 0.6 is 0 Å². The normalized spacial score (nSPS) is 13.1. The Morgan fingerprint density at radius 2 is 1.85 bits per heavy atom. The summed E-state index contributed by atoms with van der Waals surface area (Å²) in [5.41, 5.74) is -0.536. The van der Waals surface area contributed by atoms with E-state index in [1.807, 2.05) is 13.8 Å². The lowest BCUT2D eigenvalue weighted by Crippen LogP contribution is -2.34. The maximum absolute atomic E-state index is 11.4. The Labute approximate surface area is 120 Å². The quantitative estimate of drug-likeness (QED) is 0.716. The van der Waals surface area contributed by atoms with Crippen LogP contribution in [-0.2, 0) is 14.3 Å². The molecule has 0 aliphatic carbocycles. The van der Waals surface area contributed by atoms with Crippen LogP contribution in [-0.4, -0.2) is 42.0 Å². The molecular formula is C14H27NO5. The van der Waals surface area contributed by atoms with Gasteiger partial charge in [-0.25, -0.2) is 4.79 Å². The first-order valence-electron chi connectivity index (χ1n) is 6.90. The molecule has 6 nitrogen and oxygen atoms in total. The molecule has 0 aromatic rings. The van der Waals surface area contributed by atoms with E-state index in [0.29, 0.717) is 19.6 Å². The molecule has 0 aliphatic heterocycles. The molecule has 0 heterocycles. The number of carboxylic acids is 1. The van der Waals surface area contributed by atoms with Gasteiger partial charge in [0.15, 0.2) is 0 Å². The zero-order valence-corrected chi connectivity index (χ0v) is 13.1. The monoisotopic (exact) mass is 289 g/mol. The van der Waals surface area contributed by atoms with Crippen molar-refractivity contribution in [3.05, 3.63) is 0 Å². The summed E-state index contributed by atoms with van der Waals surface area (Å²) in [5.74, 6) is -0.982. The minimum absolute atomic E-state index is 0.0305. The van der Waals surface area contributed by atoms with Crippen LogP contribution in [0.3, 0.4) is 0 Å². The van der Waals surface area contributed by atoms with E-state index >= 15 is 0 Å². The Bertz CT molecular complexity index is 309. The number of hydrogen-bond acceptors (Lipinski definition) is 4. The van der Waals surface area contributed by atoms with E-state index in [2.05, 4.69) is 5.32 Å². The predicted octanol–water partition coefficient (Wildman–Crippen LogP) is 2.42. The van der Waals surface area contributed by atoms with Gasteiger partial charge in [0, 0.05) is 6.54 Å². The molecule has 0 bridgehead atoms. The van der Waals surface area contributed by atoms with E-state index in [0.717, 1.165) is 0 Å². The zero-order valence-electron chi connectivity index (χ0n) is 13.1. The molecule has 1 amide bonds. The number of rotatable bonds is 8. The van der Waals surface area contributed by atoms with E-state index in [1.54, 1.807) is 20.8 Å². The average molecular weight is 289 g/mol. The second-order valence-electron chi connectivity index (χ2n) is 6.06. The number of ether oxygens (including phenoxy) is 2. The third-order valence-electron chi connectivity index (χ3n) is 2.35. The topological polar surface area (TPSA) is 84.9 Å².